The van der Waals surface area contributed by atoms with Gasteiger partial charge in [-0.3, -0.25) is 4.79 Å². The van der Waals surface area contributed by atoms with E-state index in [1.54, 1.807) is 7.11 Å². The van der Waals surface area contributed by atoms with E-state index < -0.39 is 0 Å². The molecule has 128 valence electrons. The molecule has 0 radical (unpaired) electrons. The van der Waals surface area contributed by atoms with Crippen LogP contribution in [-0.2, 0) is 11.2 Å². The van der Waals surface area contributed by atoms with E-state index in [2.05, 4.69) is 34.3 Å². The average molecular weight is 353 g/mol. The van der Waals surface area contributed by atoms with Gasteiger partial charge in [-0.25, -0.2) is 4.98 Å². The quantitative estimate of drug-likeness (QED) is 0.777. The molecule has 4 rings (SSSR count). The normalized spacial score (nSPS) is 16.1. The van der Waals surface area contributed by atoms with Gasteiger partial charge in [-0.05, 0) is 43.2 Å². The first-order chi connectivity index (χ1) is 12.1. The fourth-order valence-electron chi connectivity index (χ4n) is 3.27. The number of nitrogens with zero attached hydrogens (tertiary/aromatic N) is 2. The van der Waals surface area contributed by atoms with Crippen LogP contribution in [0.25, 0.3) is 10.2 Å². The summed E-state index contributed by atoms with van der Waals surface area (Å²) in [7, 11) is 1.64. The molecular formula is C19H19N3O2S. The van der Waals surface area contributed by atoms with E-state index in [-0.39, 0.29) is 5.91 Å². The highest BCUT2D eigenvalue weighted by Gasteiger charge is 2.27. The lowest BCUT2D eigenvalue weighted by molar-refractivity contribution is -0.115. The van der Waals surface area contributed by atoms with Crippen LogP contribution in [0, 0.1) is 0 Å². The van der Waals surface area contributed by atoms with E-state index in [1.807, 2.05) is 30.3 Å². The maximum absolute atomic E-state index is 12.5. The number of amides is 1. The van der Waals surface area contributed by atoms with E-state index in [1.165, 1.54) is 16.9 Å². The van der Waals surface area contributed by atoms with Crippen molar-refractivity contribution in [3.63, 3.8) is 0 Å². The zero-order chi connectivity index (χ0) is 17.4. The predicted octanol–water partition coefficient (Wildman–Crippen LogP) is 3.69. The van der Waals surface area contributed by atoms with Crippen molar-refractivity contribution in [3.05, 3.63) is 48.0 Å². The second-order valence-electron chi connectivity index (χ2n) is 6.21. The number of carbonyl (C=O) groups excluding carboxylic acids is 1. The predicted molar refractivity (Wildman–Crippen MR) is 102 cm³/mol. The molecule has 0 spiro atoms. The van der Waals surface area contributed by atoms with Gasteiger partial charge in [-0.1, -0.05) is 29.5 Å². The molecule has 0 aliphatic carbocycles. The van der Waals surface area contributed by atoms with Crippen molar-refractivity contribution < 1.29 is 9.53 Å². The Morgan fingerprint density at radius 1 is 1.36 bits per heavy atom. The summed E-state index contributed by atoms with van der Waals surface area (Å²) in [5.41, 5.74) is 3.31. The standard InChI is InChI=1S/C19H19N3O2S/c1-12-9-13-5-3-4-6-16(13)22(12)11-18(23)21-19-20-15-8-7-14(24-2)10-17(15)25-19/h3-8,10,12H,9,11H2,1-2H3,(H,20,21,23). The third-order valence-corrected chi connectivity index (χ3v) is 5.44. The Balaban J connectivity index is 1.49. The number of rotatable bonds is 4. The second-order valence-corrected chi connectivity index (χ2v) is 7.24. The number of hydrogen-bond acceptors (Lipinski definition) is 5. The molecule has 5 nitrogen and oxygen atoms in total. The van der Waals surface area contributed by atoms with Gasteiger partial charge in [0.1, 0.15) is 5.75 Å². The molecule has 1 N–H and O–H groups in total. The van der Waals surface area contributed by atoms with Gasteiger partial charge in [-0.15, -0.1) is 0 Å². The Bertz CT molecular complexity index is 937. The van der Waals surface area contributed by atoms with Crippen LogP contribution in [0.3, 0.4) is 0 Å². The summed E-state index contributed by atoms with van der Waals surface area (Å²) >= 11 is 1.46. The van der Waals surface area contributed by atoms with Gasteiger partial charge in [-0.2, -0.15) is 0 Å². The minimum absolute atomic E-state index is 0.0467. The van der Waals surface area contributed by atoms with Crippen LogP contribution in [0.15, 0.2) is 42.5 Å². The molecule has 25 heavy (non-hydrogen) atoms. The number of carbonyl (C=O) groups is 1. The Labute approximate surface area is 150 Å². The molecule has 0 fully saturated rings. The van der Waals surface area contributed by atoms with E-state index in [0.717, 1.165) is 28.1 Å². The maximum Gasteiger partial charge on any atom is 0.245 e. The zero-order valence-corrected chi connectivity index (χ0v) is 15.0. The van der Waals surface area contributed by atoms with E-state index in [4.69, 9.17) is 4.74 Å². The third kappa shape index (κ3) is 3.05. The lowest BCUT2D eigenvalue weighted by Crippen LogP contribution is -2.37. The second kappa shape index (κ2) is 6.37. The maximum atomic E-state index is 12.5. The van der Waals surface area contributed by atoms with Gasteiger partial charge >= 0.3 is 0 Å². The number of ether oxygens (including phenoxy) is 1. The molecule has 1 aliphatic heterocycles. The van der Waals surface area contributed by atoms with Gasteiger partial charge in [0, 0.05) is 11.7 Å². The van der Waals surface area contributed by atoms with E-state index >= 15 is 0 Å². The summed E-state index contributed by atoms with van der Waals surface area (Å²) in [6.07, 6.45) is 0.977. The Hall–Kier alpha value is -2.60. The minimum Gasteiger partial charge on any atom is -0.497 e. The topological polar surface area (TPSA) is 54.5 Å². The molecule has 2 heterocycles. The molecular weight excluding hydrogens is 334 g/mol. The highest BCUT2D eigenvalue weighted by molar-refractivity contribution is 7.22. The van der Waals surface area contributed by atoms with Gasteiger partial charge in [0.25, 0.3) is 0 Å². The number of benzene rings is 2. The van der Waals surface area contributed by atoms with E-state index in [0.29, 0.717) is 17.7 Å². The molecule has 1 unspecified atom stereocenters. The third-order valence-electron chi connectivity index (χ3n) is 4.50. The summed E-state index contributed by atoms with van der Waals surface area (Å²) in [5, 5.41) is 3.55. The van der Waals surface area contributed by atoms with Crippen LogP contribution in [0.5, 0.6) is 5.75 Å². The van der Waals surface area contributed by atoms with Gasteiger partial charge in [0.15, 0.2) is 5.13 Å². The van der Waals surface area contributed by atoms with Gasteiger partial charge < -0.3 is 15.0 Å². The van der Waals surface area contributed by atoms with Crippen molar-refractivity contribution in [3.8, 4) is 5.75 Å². The molecule has 1 atom stereocenters. The molecule has 1 aliphatic rings. The van der Waals surface area contributed by atoms with Gasteiger partial charge in [0.2, 0.25) is 5.91 Å². The molecule has 2 aromatic carbocycles. The molecule has 0 bridgehead atoms. The Morgan fingerprint density at radius 3 is 3.04 bits per heavy atom. The fourth-order valence-corrected chi connectivity index (χ4v) is 4.18. The van der Waals surface area contributed by atoms with Crippen LogP contribution >= 0.6 is 11.3 Å². The lowest BCUT2D eigenvalue weighted by atomic mass is 10.1. The number of fused-ring (bicyclic) bond motifs is 2. The summed E-state index contributed by atoms with van der Waals surface area (Å²) in [5.74, 6) is 0.742. The molecule has 0 saturated heterocycles. The highest BCUT2D eigenvalue weighted by Crippen LogP contribution is 2.32. The smallest absolute Gasteiger partial charge is 0.245 e. The highest BCUT2D eigenvalue weighted by atomic mass is 32.1. The van der Waals surface area contributed by atoms with Crippen LogP contribution in [0.1, 0.15) is 12.5 Å². The molecule has 6 heteroatoms. The van der Waals surface area contributed by atoms with Crippen LogP contribution < -0.4 is 15.0 Å². The summed E-state index contributed by atoms with van der Waals surface area (Å²) in [6.45, 7) is 2.48. The zero-order valence-electron chi connectivity index (χ0n) is 14.2. The number of methoxy groups -OCH3 is 1. The van der Waals surface area contributed by atoms with Crippen molar-refractivity contribution in [1.82, 2.24) is 4.98 Å². The van der Waals surface area contributed by atoms with Crippen LogP contribution in [-0.4, -0.2) is 30.6 Å². The van der Waals surface area contributed by atoms with Crippen molar-refractivity contribution >= 4 is 38.3 Å². The Morgan fingerprint density at radius 2 is 2.20 bits per heavy atom. The summed E-state index contributed by atoms with van der Waals surface area (Å²) in [4.78, 5) is 19.1. The largest absolute Gasteiger partial charge is 0.497 e. The first kappa shape index (κ1) is 15.9. The molecule has 1 aromatic heterocycles. The molecule has 1 amide bonds. The van der Waals surface area contributed by atoms with Gasteiger partial charge in [0.05, 0.1) is 23.9 Å². The first-order valence-electron chi connectivity index (χ1n) is 8.23. The number of thiazole rings is 1. The lowest BCUT2D eigenvalue weighted by Gasteiger charge is -2.23. The first-order valence-corrected chi connectivity index (χ1v) is 9.04. The van der Waals surface area contributed by atoms with E-state index in [9.17, 15) is 4.79 Å². The average Bonchev–Trinajstić information content (AvgIpc) is 3.14. The van der Waals surface area contributed by atoms with Crippen molar-refractivity contribution in [1.29, 1.82) is 0 Å². The number of anilines is 2. The molecule has 3 aromatic rings. The fraction of sp³-hybridized carbons (Fsp3) is 0.263. The minimum atomic E-state index is -0.0467. The summed E-state index contributed by atoms with van der Waals surface area (Å²) in [6, 6.07) is 14.3. The molecule has 0 saturated carbocycles. The number of nitrogens with one attached hydrogen (secondary N) is 1. The summed E-state index contributed by atoms with van der Waals surface area (Å²) < 4.78 is 6.23. The van der Waals surface area contributed by atoms with Crippen LogP contribution in [0.2, 0.25) is 0 Å². The number of aromatic nitrogens is 1. The Kier molecular flexibility index (Phi) is 4.05. The van der Waals surface area contributed by atoms with Crippen molar-refractivity contribution in [2.75, 3.05) is 23.9 Å². The van der Waals surface area contributed by atoms with Crippen molar-refractivity contribution in [2.24, 2.45) is 0 Å². The monoisotopic (exact) mass is 353 g/mol. The van der Waals surface area contributed by atoms with Crippen LogP contribution in [0.4, 0.5) is 10.8 Å². The number of hydrogen-bond donors (Lipinski definition) is 1. The number of para-hydroxylation sites is 1. The SMILES string of the molecule is COc1ccc2nc(NC(=O)CN3c4ccccc4CC3C)sc2c1. The van der Waals surface area contributed by atoms with Crippen molar-refractivity contribution in [2.45, 2.75) is 19.4 Å².